The molecule has 2 aliphatic rings. The minimum absolute atomic E-state index is 0. The Labute approximate surface area is 174 Å². The van der Waals surface area contributed by atoms with E-state index in [1.165, 1.54) is 19.3 Å². The van der Waals surface area contributed by atoms with Crippen molar-refractivity contribution in [1.82, 2.24) is 16.0 Å². The van der Waals surface area contributed by atoms with Crippen molar-refractivity contribution in [3.8, 4) is 0 Å². The molecule has 1 amide bonds. The van der Waals surface area contributed by atoms with Gasteiger partial charge in [0.2, 0.25) is 5.91 Å². The van der Waals surface area contributed by atoms with Crippen molar-refractivity contribution in [2.24, 2.45) is 10.4 Å². The van der Waals surface area contributed by atoms with Gasteiger partial charge in [-0.05, 0) is 32.6 Å². The smallest absolute Gasteiger partial charge is 0.242 e. The van der Waals surface area contributed by atoms with Gasteiger partial charge in [0.1, 0.15) is 6.54 Å². The van der Waals surface area contributed by atoms with Crippen molar-refractivity contribution in [2.75, 3.05) is 39.5 Å². The fourth-order valence-corrected chi connectivity index (χ4v) is 3.60. The highest BCUT2D eigenvalue weighted by atomic mass is 127. The number of aliphatic hydroxyl groups excluding tert-OH is 1. The van der Waals surface area contributed by atoms with Crippen molar-refractivity contribution < 1.29 is 14.6 Å². The highest BCUT2D eigenvalue weighted by Gasteiger charge is 2.34. The van der Waals surface area contributed by atoms with Crippen LogP contribution in [0.25, 0.3) is 0 Å². The third kappa shape index (κ3) is 7.96. The van der Waals surface area contributed by atoms with Crippen LogP contribution in [0.15, 0.2) is 4.99 Å². The summed E-state index contributed by atoms with van der Waals surface area (Å²) in [4.78, 5) is 16.5. The molecule has 2 fully saturated rings. The molecule has 1 heterocycles. The van der Waals surface area contributed by atoms with Crippen LogP contribution in [0.4, 0.5) is 0 Å². The van der Waals surface area contributed by atoms with Crippen molar-refractivity contribution in [3.63, 3.8) is 0 Å². The Bertz CT molecular complexity index is 436. The molecular formula is C18H35IN4O3. The monoisotopic (exact) mass is 482 g/mol. The largest absolute Gasteiger partial charge is 0.396 e. The number of hydrogen-bond donors (Lipinski definition) is 4. The number of halogens is 1. The third-order valence-electron chi connectivity index (χ3n) is 5.15. The Kier molecular flexibility index (Phi) is 11.5. The maximum absolute atomic E-state index is 12.1. The molecule has 2 rings (SSSR count). The Morgan fingerprint density at radius 3 is 2.65 bits per heavy atom. The van der Waals surface area contributed by atoms with E-state index in [1.54, 1.807) is 0 Å². The Hall–Kier alpha value is -0.610. The van der Waals surface area contributed by atoms with Gasteiger partial charge in [0.05, 0.1) is 6.61 Å². The van der Waals surface area contributed by atoms with Crippen LogP contribution in [0.1, 0.15) is 51.9 Å². The molecule has 1 unspecified atom stereocenters. The number of guanidine groups is 1. The lowest BCUT2D eigenvalue weighted by Crippen LogP contribution is -2.45. The van der Waals surface area contributed by atoms with E-state index < -0.39 is 0 Å². The van der Waals surface area contributed by atoms with Crippen LogP contribution in [0, 0.1) is 5.41 Å². The summed E-state index contributed by atoms with van der Waals surface area (Å²) in [6.07, 6.45) is 7.48. The predicted molar refractivity (Wildman–Crippen MR) is 114 cm³/mol. The van der Waals surface area contributed by atoms with Crippen molar-refractivity contribution in [2.45, 2.75) is 57.9 Å². The highest BCUT2D eigenvalue weighted by Crippen LogP contribution is 2.31. The minimum atomic E-state index is -0.0463. The van der Waals surface area contributed by atoms with E-state index in [-0.39, 0.29) is 48.5 Å². The molecule has 0 aromatic rings. The number of ether oxygens (including phenoxy) is 1. The molecule has 1 saturated carbocycles. The Balaban J connectivity index is 0.00000338. The van der Waals surface area contributed by atoms with Crippen LogP contribution in [0.3, 0.4) is 0 Å². The van der Waals surface area contributed by atoms with Gasteiger partial charge in [-0.15, -0.1) is 24.0 Å². The number of nitrogens with one attached hydrogen (secondary N) is 3. The SMILES string of the molecule is CCNC(=NCC(=O)NC1CCCCC1)NCC1(CCO)CCOC1.I. The first kappa shape index (κ1) is 23.4. The number of hydrogen-bond acceptors (Lipinski definition) is 4. The zero-order valence-electron chi connectivity index (χ0n) is 15.9. The van der Waals surface area contributed by atoms with E-state index in [0.29, 0.717) is 31.6 Å². The zero-order valence-corrected chi connectivity index (χ0v) is 18.2. The molecule has 1 atom stereocenters. The summed E-state index contributed by atoms with van der Waals surface area (Å²) < 4.78 is 5.51. The Morgan fingerprint density at radius 1 is 1.27 bits per heavy atom. The average Bonchev–Trinajstić information content (AvgIpc) is 3.07. The maximum atomic E-state index is 12.1. The van der Waals surface area contributed by atoms with Gasteiger partial charge < -0.3 is 25.8 Å². The fourth-order valence-electron chi connectivity index (χ4n) is 3.60. The first-order valence-electron chi connectivity index (χ1n) is 9.67. The van der Waals surface area contributed by atoms with Crippen LogP contribution in [-0.2, 0) is 9.53 Å². The van der Waals surface area contributed by atoms with Gasteiger partial charge in [-0.2, -0.15) is 0 Å². The van der Waals surface area contributed by atoms with E-state index in [9.17, 15) is 9.90 Å². The van der Waals surface area contributed by atoms with E-state index in [1.807, 2.05) is 6.92 Å². The second kappa shape index (κ2) is 12.7. The number of rotatable bonds is 8. The first-order valence-corrected chi connectivity index (χ1v) is 9.67. The standard InChI is InChI=1S/C18H34N4O3.HI/c1-2-19-17(21-13-18(8-10-23)9-11-25-14-18)20-12-16(24)22-15-6-4-3-5-7-15;/h15,23H,2-14H2,1H3,(H,22,24)(H2,19,20,21);1H. The summed E-state index contributed by atoms with van der Waals surface area (Å²) >= 11 is 0. The first-order chi connectivity index (χ1) is 12.2. The molecule has 1 saturated heterocycles. The second-order valence-corrected chi connectivity index (χ2v) is 7.23. The number of carbonyl (C=O) groups is 1. The molecule has 26 heavy (non-hydrogen) atoms. The van der Waals surface area contributed by atoms with E-state index >= 15 is 0 Å². The lowest BCUT2D eigenvalue weighted by molar-refractivity contribution is -0.120. The van der Waals surface area contributed by atoms with Gasteiger partial charge >= 0.3 is 0 Å². The molecule has 7 nitrogen and oxygen atoms in total. The van der Waals surface area contributed by atoms with Gasteiger partial charge in [0, 0.05) is 37.8 Å². The number of nitrogens with zero attached hydrogens (tertiary/aromatic N) is 1. The van der Waals surface area contributed by atoms with Crippen LogP contribution in [0.2, 0.25) is 0 Å². The summed E-state index contributed by atoms with van der Waals surface area (Å²) in [7, 11) is 0. The molecule has 0 spiro atoms. The van der Waals surface area contributed by atoms with E-state index in [2.05, 4.69) is 20.9 Å². The fraction of sp³-hybridized carbons (Fsp3) is 0.889. The number of amides is 1. The number of aliphatic hydroxyl groups is 1. The van der Waals surface area contributed by atoms with Crippen LogP contribution in [0.5, 0.6) is 0 Å². The van der Waals surface area contributed by atoms with E-state index in [4.69, 9.17) is 4.74 Å². The molecule has 0 bridgehead atoms. The van der Waals surface area contributed by atoms with Crippen LogP contribution < -0.4 is 16.0 Å². The maximum Gasteiger partial charge on any atom is 0.242 e. The molecular weight excluding hydrogens is 447 g/mol. The molecule has 0 aromatic heterocycles. The molecule has 152 valence electrons. The van der Waals surface area contributed by atoms with E-state index in [0.717, 1.165) is 32.4 Å². The van der Waals surface area contributed by atoms with Crippen molar-refractivity contribution >= 4 is 35.8 Å². The second-order valence-electron chi connectivity index (χ2n) is 7.23. The number of carbonyl (C=O) groups excluding carboxylic acids is 1. The quantitative estimate of drug-likeness (QED) is 0.239. The normalized spacial score (nSPS) is 24.0. The molecule has 1 aliphatic carbocycles. The average molecular weight is 482 g/mol. The van der Waals surface area contributed by atoms with Crippen LogP contribution in [-0.4, -0.2) is 62.5 Å². The van der Waals surface area contributed by atoms with Gasteiger partial charge in [0.25, 0.3) is 0 Å². The lowest BCUT2D eigenvalue weighted by Gasteiger charge is -2.27. The zero-order chi connectivity index (χ0) is 18.0. The van der Waals surface area contributed by atoms with Gasteiger partial charge in [-0.1, -0.05) is 19.3 Å². The molecule has 0 radical (unpaired) electrons. The number of aliphatic imine (C=N–C) groups is 1. The summed E-state index contributed by atoms with van der Waals surface area (Å²) in [5, 5.41) is 18.9. The van der Waals surface area contributed by atoms with Gasteiger partial charge in [-0.25, -0.2) is 4.99 Å². The topological polar surface area (TPSA) is 95.0 Å². The molecule has 1 aliphatic heterocycles. The van der Waals surface area contributed by atoms with Gasteiger partial charge in [-0.3, -0.25) is 4.79 Å². The highest BCUT2D eigenvalue weighted by molar-refractivity contribution is 14.0. The summed E-state index contributed by atoms with van der Waals surface area (Å²) in [6.45, 7) is 5.10. The predicted octanol–water partition coefficient (Wildman–Crippen LogP) is 1.40. The van der Waals surface area contributed by atoms with Crippen molar-refractivity contribution in [1.29, 1.82) is 0 Å². The van der Waals surface area contributed by atoms with Crippen molar-refractivity contribution in [3.05, 3.63) is 0 Å². The lowest BCUT2D eigenvalue weighted by atomic mass is 9.84. The molecule has 4 N–H and O–H groups in total. The summed E-state index contributed by atoms with van der Waals surface area (Å²) in [5.41, 5.74) is -0.0463. The van der Waals surface area contributed by atoms with Crippen LogP contribution >= 0.6 is 24.0 Å². The Morgan fingerprint density at radius 2 is 2.04 bits per heavy atom. The minimum Gasteiger partial charge on any atom is -0.396 e. The summed E-state index contributed by atoms with van der Waals surface area (Å²) in [5.74, 6) is 0.629. The van der Waals surface area contributed by atoms with Gasteiger partial charge in [0.15, 0.2) is 5.96 Å². The molecule has 8 heteroatoms. The summed E-state index contributed by atoms with van der Waals surface area (Å²) in [6, 6.07) is 0.315. The molecule has 0 aromatic carbocycles. The third-order valence-corrected chi connectivity index (χ3v) is 5.15.